The first-order chi connectivity index (χ1) is 15.5. The van der Waals surface area contributed by atoms with Crippen LogP contribution in [-0.4, -0.2) is 24.6 Å². The van der Waals surface area contributed by atoms with E-state index in [9.17, 15) is 9.59 Å². The van der Waals surface area contributed by atoms with Crippen LogP contribution < -0.4 is 15.5 Å². The normalized spacial score (nSPS) is 11.5. The molecule has 0 aliphatic heterocycles. The Balaban J connectivity index is 1.47. The van der Waals surface area contributed by atoms with Gasteiger partial charge in [-0.1, -0.05) is 41.9 Å². The molecule has 0 saturated heterocycles. The van der Waals surface area contributed by atoms with Crippen LogP contribution >= 0.6 is 11.6 Å². The minimum atomic E-state index is -0.452. The minimum absolute atomic E-state index is 0.0237. The fraction of sp³-hybridized carbons (Fsp3) is 0.125. The lowest BCUT2D eigenvalue weighted by atomic mass is 10.1. The van der Waals surface area contributed by atoms with Gasteiger partial charge in [-0.3, -0.25) is 9.59 Å². The van der Waals surface area contributed by atoms with Crippen molar-refractivity contribution in [3.05, 3.63) is 71.2 Å². The summed E-state index contributed by atoms with van der Waals surface area (Å²) in [5, 5.41) is 9.00. The monoisotopic (exact) mass is 449 g/mol. The molecule has 0 radical (unpaired) electrons. The molecule has 32 heavy (non-hydrogen) atoms. The molecule has 0 aliphatic rings. The number of rotatable bonds is 6. The van der Waals surface area contributed by atoms with Gasteiger partial charge in [-0.2, -0.15) is 5.10 Å². The number of carbonyl (C=O) groups excluding carboxylic acids is 2. The van der Waals surface area contributed by atoms with Gasteiger partial charge in [-0.25, -0.2) is 5.43 Å². The number of ether oxygens (including phenoxy) is 1. The van der Waals surface area contributed by atoms with Crippen LogP contribution in [0.15, 0.2) is 70.2 Å². The molecule has 4 aromatic rings. The molecule has 4 rings (SSSR count). The first-order valence-electron chi connectivity index (χ1n) is 9.83. The van der Waals surface area contributed by atoms with E-state index in [0.717, 1.165) is 16.4 Å². The van der Waals surface area contributed by atoms with Crippen molar-refractivity contribution in [3.8, 4) is 5.75 Å². The Morgan fingerprint density at radius 3 is 2.56 bits per heavy atom. The molecule has 8 heteroatoms. The zero-order chi connectivity index (χ0) is 22.7. The average molecular weight is 450 g/mol. The zero-order valence-electron chi connectivity index (χ0n) is 17.4. The number of carbonyl (C=O) groups is 2. The van der Waals surface area contributed by atoms with Crippen molar-refractivity contribution in [1.29, 1.82) is 0 Å². The van der Waals surface area contributed by atoms with E-state index in [-0.39, 0.29) is 12.3 Å². The SMILES string of the molecule is COc1cc2c(cc1NC(=O)CC(C)=NNC(=O)c1ccccc1Cl)oc1ccccc12. The molecule has 0 aliphatic carbocycles. The van der Waals surface area contributed by atoms with Crippen LogP contribution in [0.25, 0.3) is 21.9 Å². The standard InChI is InChI=1S/C24H20ClN3O4/c1-14(27-28-24(30)16-8-3-5-9-18(16)25)11-23(29)26-19-13-21-17(12-22(19)31-2)15-7-4-6-10-20(15)32-21/h3-10,12-13H,11H2,1-2H3,(H,26,29)(H,28,30). The molecule has 0 saturated carbocycles. The molecule has 0 unspecified atom stereocenters. The summed E-state index contributed by atoms with van der Waals surface area (Å²) >= 11 is 6.01. The molecule has 0 atom stereocenters. The van der Waals surface area contributed by atoms with Gasteiger partial charge in [0.2, 0.25) is 5.91 Å². The second-order valence-electron chi connectivity index (χ2n) is 7.14. The molecule has 3 aromatic carbocycles. The molecule has 0 fully saturated rings. The topological polar surface area (TPSA) is 92.9 Å². The van der Waals surface area contributed by atoms with Crippen LogP contribution in [0.3, 0.4) is 0 Å². The minimum Gasteiger partial charge on any atom is -0.495 e. The number of fused-ring (bicyclic) bond motifs is 3. The number of methoxy groups -OCH3 is 1. The highest BCUT2D eigenvalue weighted by molar-refractivity contribution is 6.33. The number of nitrogens with one attached hydrogen (secondary N) is 2. The number of benzene rings is 3. The fourth-order valence-electron chi connectivity index (χ4n) is 3.34. The number of anilines is 1. The first kappa shape index (κ1) is 21.4. The Morgan fingerprint density at radius 1 is 1.03 bits per heavy atom. The zero-order valence-corrected chi connectivity index (χ0v) is 18.2. The molecule has 2 N–H and O–H groups in total. The molecular weight excluding hydrogens is 430 g/mol. The highest BCUT2D eigenvalue weighted by Crippen LogP contribution is 2.36. The molecule has 7 nitrogen and oxygen atoms in total. The summed E-state index contributed by atoms with van der Waals surface area (Å²) in [5.74, 6) is -0.251. The first-order valence-corrected chi connectivity index (χ1v) is 10.2. The second-order valence-corrected chi connectivity index (χ2v) is 7.55. The van der Waals surface area contributed by atoms with E-state index >= 15 is 0 Å². The van der Waals surface area contributed by atoms with Crippen LogP contribution in [0.4, 0.5) is 5.69 Å². The maximum atomic E-state index is 12.6. The van der Waals surface area contributed by atoms with Gasteiger partial charge in [0, 0.05) is 22.6 Å². The van der Waals surface area contributed by atoms with Crippen LogP contribution in [0.1, 0.15) is 23.7 Å². The summed E-state index contributed by atoms with van der Waals surface area (Å²) < 4.78 is 11.3. The molecule has 2 amide bonds. The Labute approximate surface area is 189 Å². The van der Waals surface area contributed by atoms with E-state index in [4.69, 9.17) is 20.8 Å². The lowest BCUT2D eigenvalue weighted by Crippen LogP contribution is -2.21. The van der Waals surface area contributed by atoms with Gasteiger partial charge >= 0.3 is 0 Å². The third-order valence-corrected chi connectivity index (χ3v) is 5.19. The van der Waals surface area contributed by atoms with Gasteiger partial charge in [0.25, 0.3) is 5.91 Å². The van der Waals surface area contributed by atoms with Gasteiger partial charge in [-0.05, 0) is 31.2 Å². The van der Waals surface area contributed by atoms with Gasteiger partial charge in [0.15, 0.2) is 0 Å². The predicted molar refractivity (Wildman–Crippen MR) is 126 cm³/mol. The Hall–Kier alpha value is -3.84. The van der Waals surface area contributed by atoms with E-state index < -0.39 is 5.91 Å². The van der Waals surface area contributed by atoms with E-state index in [1.807, 2.05) is 30.3 Å². The lowest BCUT2D eigenvalue weighted by molar-refractivity contribution is -0.115. The van der Waals surface area contributed by atoms with Gasteiger partial charge in [0.1, 0.15) is 16.9 Å². The summed E-state index contributed by atoms with van der Waals surface area (Å²) in [6, 6.07) is 17.9. The largest absolute Gasteiger partial charge is 0.495 e. The summed E-state index contributed by atoms with van der Waals surface area (Å²) in [5.41, 5.74) is 5.02. The van der Waals surface area contributed by atoms with E-state index in [1.165, 1.54) is 7.11 Å². The number of hydrogen-bond donors (Lipinski definition) is 2. The number of nitrogens with zero attached hydrogens (tertiary/aromatic N) is 1. The van der Waals surface area contributed by atoms with Crippen molar-refractivity contribution in [1.82, 2.24) is 5.43 Å². The van der Waals surface area contributed by atoms with Gasteiger partial charge in [0.05, 0.1) is 29.8 Å². The Kier molecular flexibility index (Phi) is 6.09. The summed E-state index contributed by atoms with van der Waals surface area (Å²) in [6.07, 6.45) is -0.0237. The lowest BCUT2D eigenvalue weighted by Gasteiger charge is -2.10. The van der Waals surface area contributed by atoms with Crippen LogP contribution in [0, 0.1) is 0 Å². The predicted octanol–water partition coefficient (Wildman–Crippen LogP) is 5.38. The fourth-order valence-corrected chi connectivity index (χ4v) is 3.56. The van der Waals surface area contributed by atoms with Crippen molar-refractivity contribution >= 4 is 56.8 Å². The second kappa shape index (κ2) is 9.11. The quantitative estimate of drug-likeness (QED) is 0.305. The third kappa shape index (κ3) is 4.43. The van der Waals surface area contributed by atoms with Crippen molar-refractivity contribution in [3.63, 3.8) is 0 Å². The van der Waals surface area contributed by atoms with Crippen molar-refractivity contribution in [2.24, 2.45) is 5.10 Å². The van der Waals surface area contributed by atoms with Crippen LogP contribution in [-0.2, 0) is 4.79 Å². The summed E-state index contributed by atoms with van der Waals surface area (Å²) in [6.45, 7) is 1.64. The third-order valence-electron chi connectivity index (χ3n) is 4.86. The maximum absolute atomic E-state index is 12.6. The number of hydrogen-bond acceptors (Lipinski definition) is 5. The van der Waals surface area contributed by atoms with E-state index in [2.05, 4.69) is 15.8 Å². The molecule has 1 aromatic heterocycles. The number of hydrazone groups is 1. The Morgan fingerprint density at radius 2 is 1.78 bits per heavy atom. The smallest absolute Gasteiger partial charge is 0.272 e. The van der Waals surface area contributed by atoms with Gasteiger partial charge in [-0.15, -0.1) is 0 Å². The highest BCUT2D eigenvalue weighted by atomic mass is 35.5. The molecule has 0 spiro atoms. The maximum Gasteiger partial charge on any atom is 0.272 e. The van der Waals surface area contributed by atoms with Crippen molar-refractivity contribution in [2.75, 3.05) is 12.4 Å². The van der Waals surface area contributed by atoms with E-state index in [0.29, 0.717) is 33.3 Å². The number of amides is 2. The molecule has 0 bridgehead atoms. The van der Waals surface area contributed by atoms with Crippen LogP contribution in [0.5, 0.6) is 5.75 Å². The number of furan rings is 1. The van der Waals surface area contributed by atoms with Crippen molar-refractivity contribution < 1.29 is 18.7 Å². The molecule has 162 valence electrons. The van der Waals surface area contributed by atoms with Crippen LogP contribution in [0.2, 0.25) is 5.02 Å². The summed E-state index contributed by atoms with van der Waals surface area (Å²) in [4.78, 5) is 24.8. The number of halogens is 1. The summed E-state index contributed by atoms with van der Waals surface area (Å²) in [7, 11) is 1.54. The highest BCUT2D eigenvalue weighted by Gasteiger charge is 2.15. The Bertz CT molecular complexity index is 1360. The molecule has 1 heterocycles. The molecular formula is C24H20ClN3O4. The number of para-hydroxylation sites is 1. The van der Waals surface area contributed by atoms with Gasteiger partial charge < -0.3 is 14.5 Å². The average Bonchev–Trinajstić information content (AvgIpc) is 3.14. The van der Waals surface area contributed by atoms with E-state index in [1.54, 1.807) is 37.3 Å². The van der Waals surface area contributed by atoms with Crippen molar-refractivity contribution in [2.45, 2.75) is 13.3 Å².